The number of benzene rings is 2. The summed E-state index contributed by atoms with van der Waals surface area (Å²) in [5, 5.41) is 1.20. The topological polar surface area (TPSA) is 9.23 Å². The van der Waals surface area contributed by atoms with Crippen LogP contribution in [0.5, 0.6) is 5.75 Å². The van der Waals surface area contributed by atoms with Crippen molar-refractivity contribution in [2.75, 3.05) is 0 Å². The average Bonchev–Trinajstić information content (AvgIpc) is 2.36. The van der Waals surface area contributed by atoms with Gasteiger partial charge in [-0.25, -0.2) is 0 Å². The monoisotopic (exact) mass is 356 g/mol. The van der Waals surface area contributed by atoms with Gasteiger partial charge in [0.15, 0.2) is 0 Å². The van der Waals surface area contributed by atoms with E-state index in [4.69, 9.17) is 46.4 Å². The van der Waals surface area contributed by atoms with Gasteiger partial charge in [-0.1, -0.05) is 46.4 Å². The largest absolute Gasteiger partial charge is 0.435 e. The van der Waals surface area contributed by atoms with Gasteiger partial charge in [0.05, 0.1) is 15.1 Å². The highest BCUT2D eigenvalue weighted by atomic mass is 35.5. The fourth-order valence-corrected chi connectivity index (χ4v) is 2.48. The van der Waals surface area contributed by atoms with Crippen LogP contribution >= 0.6 is 46.4 Å². The van der Waals surface area contributed by atoms with Crippen LogP contribution in [0.25, 0.3) is 11.1 Å². The van der Waals surface area contributed by atoms with Crippen molar-refractivity contribution in [1.29, 1.82) is 0 Å². The van der Waals surface area contributed by atoms with Gasteiger partial charge >= 0.3 is 6.61 Å². The van der Waals surface area contributed by atoms with Gasteiger partial charge in [0.2, 0.25) is 0 Å². The van der Waals surface area contributed by atoms with Crippen molar-refractivity contribution in [1.82, 2.24) is 0 Å². The van der Waals surface area contributed by atoms with E-state index in [2.05, 4.69) is 4.74 Å². The third-order valence-electron chi connectivity index (χ3n) is 2.46. The summed E-state index contributed by atoms with van der Waals surface area (Å²) < 4.78 is 28.8. The lowest BCUT2D eigenvalue weighted by Crippen LogP contribution is -2.01. The summed E-state index contributed by atoms with van der Waals surface area (Å²) >= 11 is 23.9. The maximum atomic E-state index is 12.2. The molecule has 2 aromatic carbocycles. The van der Waals surface area contributed by atoms with Crippen molar-refractivity contribution in [3.05, 3.63) is 50.4 Å². The second-order valence-corrected chi connectivity index (χ2v) is 5.40. The Hall–Kier alpha value is -0.740. The van der Waals surface area contributed by atoms with Gasteiger partial charge in [-0.05, 0) is 30.3 Å². The first kappa shape index (κ1) is 15.6. The van der Waals surface area contributed by atoms with Gasteiger partial charge in [0.1, 0.15) is 5.75 Å². The predicted octanol–water partition coefficient (Wildman–Crippen LogP) is 6.57. The Bertz CT molecular complexity index is 647. The maximum Gasteiger partial charge on any atom is 0.387 e. The van der Waals surface area contributed by atoms with E-state index in [9.17, 15) is 8.78 Å². The van der Waals surface area contributed by atoms with Crippen molar-refractivity contribution in [2.24, 2.45) is 0 Å². The van der Waals surface area contributed by atoms with Gasteiger partial charge in [0, 0.05) is 16.1 Å². The molecule has 0 aliphatic rings. The molecule has 0 aromatic heterocycles. The first-order valence-corrected chi connectivity index (χ1v) is 6.79. The Morgan fingerprint density at radius 2 is 1.35 bits per heavy atom. The van der Waals surface area contributed by atoms with Crippen molar-refractivity contribution in [3.63, 3.8) is 0 Å². The van der Waals surface area contributed by atoms with Gasteiger partial charge in [-0.2, -0.15) is 8.78 Å². The lowest BCUT2D eigenvalue weighted by atomic mass is 10.1. The number of hydrogen-bond acceptors (Lipinski definition) is 1. The minimum atomic E-state index is -2.92. The molecule has 20 heavy (non-hydrogen) atoms. The fraction of sp³-hybridized carbons (Fsp3) is 0.0769. The van der Waals surface area contributed by atoms with Crippen molar-refractivity contribution >= 4 is 46.4 Å². The molecule has 0 radical (unpaired) electrons. The average molecular weight is 358 g/mol. The molecular weight excluding hydrogens is 352 g/mol. The van der Waals surface area contributed by atoms with Crippen LogP contribution in [0.3, 0.4) is 0 Å². The summed E-state index contributed by atoms with van der Waals surface area (Å²) in [4.78, 5) is 0. The number of hydrogen-bond donors (Lipinski definition) is 0. The first-order valence-electron chi connectivity index (χ1n) is 5.27. The quantitative estimate of drug-likeness (QED) is 0.564. The second-order valence-electron chi connectivity index (χ2n) is 3.77. The molecule has 0 spiro atoms. The normalized spacial score (nSPS) is 10.9. The summed E-state index contributed by atoms with van der Waals surface area (Å²) in [5.41, 5.74) is 0.902. The van der Waals surface area contributed by atoms with Crippen LogP contribution in [-0.2, 0) is 0 Å². The molecule has 0 N–H and O–H groups in total. The highest BCUT2D eigenvalue weighted by Gasteiger charge is 2.13. The first-order chi connectivity index (χ1) is 9.38. The van der Waals surface area contributed by atoms with Gasteiger partial charge in [-0.15, -0.1) is 0 Å². The van der Waals surface area contributed by atoms with Crippen molar-refractivity contribution in [3.8, 4) is 16.9 Å². The molecule has 0 amide bonds. The molecule has 0 saturated heterocycles. The summed E-state index contributed by atoms with van der Waals surface area (Å²) in [5.74, 6) is -0.0264. The SMILES string of the molecule is FC(F)Oc1ccc(Cl)c(-c2cc(Cl)c(Cl)cc2Cl)c1. The second kappa shape index (κ2) is 6.35. The molecule has 0 unspecified atom stereocenters. The van der Waals surface area contributed by atoms with Crippen LogP contribution in [0.2, 0.25) is 20.1 Å². The van der Waals surface area contributed by atoms with Crippen LogP contribution in [0.1, 0.15) is 0 Å². The molecule has 7 heteroatoms. The molecule has 1 nitrogen and oxygen atoms in total. The molecule has 0 heterocycles. The number of halogens is 6. The molecular formula is C13H6Cl4F2O. The molecule has 0 bridgehead atoms. The zero-order valence-corrected chi connectivity index (χ0v) is 12.7. The summed E-state index contributed by atoms with van der Waals surface area (Å²) in [6, 6.07) is 7.11. The van der Waals surface area contributed by atoms with Crippen molar-refractivity contribution < 1.29 is 13.5 Å². The third-order valence-corrected chi connectivity index (χ3v) is 3.83. The third kappa shape index (κ3) is 3.47. The Labute approximate surface area is 134 Å². The Kier molecular flexibility index (Phi) is 4.97. The zero-order valence-electron chi connectivity index (χ0n) is 9.64. The van der Waals surface area contributed by atoms with E-state index in [1.54, 1.807) is 0 Å². The van der Waals surface area contributed by atoms with E-state index < -0.39 is 6.61 Å². The molecule has 2 rings (SSSR count). The van der Waals surface area contributed by atoms with Crippen LogP contribution in [-0.4, -0.2) is 6.61 Å². The van der Waals surface area contributed by atoms with E-state index in [-0.39, 0.29) is 15.8 Å². The number of ether oxygens (including phenoxy) is 1. The standard InChI is InChI=1S/C13H6Cl4F2O/c14-9-2-1-6(20-13(18)19)3-7(9)8-4-11(16)12(17)5-10(8)15/h1-5,13H. The molecule has 0 aliphatic heterocycles. The lowest BCUT2D eigenvalue weighted by Gasteiger charge is -2.11. The number of alkyl halides is 2. The predicted molar refractivity (Wildman–Crippen MR) is 78.6 cm³/mol. The molecule has 0 saturated carbocycles. The number of rotatable bonds is 3. The molecule has 0 aliphatic carbocycles. The van der Waals surface area contributed by atoms with E-state index in [0.717, 1.165) is 0 Å². The van der Waals surface area contributed by atoms with Crippen LogP contribution < -0.4 is 4.74 Å². The Morgan fingerprint density at radius 3 is 2.00 bits per heavy atom. The summed E-state index contributed by atoms with van der Waals surface area (Å²) in [7, 11) is 0. The van der Waals surface area contributed by atoms with Crippen LogP contribution in [0, 0.1) is 0 Å². The smallest absolute Gasteiger partial charge is 0.387 e. The van der Waals surface area contributed by atoms with Crippen LogP contribution in [0.4, 0.5) is 8.78 Å². The van der Waals surface area contributed by atoms with E-state index in [1.165, 1.54) is 30.3 Å². The summed E-state index contributed by atoms with van der Waals surface area (Å²) in [6.07, 6.45) is 0. The lowest BCUT2D eigenvalue weighted by molar-refractivity contribution is -0.0498. The molecule has 2 aromatic rings. The minimum absolute atomic E-state index is 0.0264. The van der Waals surface area contributed by atoms with Gasteiger partial charge < -0.3 is 4.74 Å². The maximum absolute atomic E-state index is 12.2. The highest BCUT2D eigenvalue weighted by Crippen LogP contribution is 2.39. The highest BCUT2D eigenvalue weighted by molar-refractivity contribution is 6.44. The Morgan fingerprint density at radius 1 is 0.750 bits per heavy atom. The van der Waals surface area contributed by atoms with Gasteiger partial charge in [-0.3, -0.25) is 0 Å². The summed E-state index contributed by atoms with van der Waals surface area (Å²) in [6.45, 7) is -2.92. The fourth-order valence-electron chi connectivity index (χ4n) is 1.62. The molecule has 106 valence electrons. The van der Waals surface area contributed by atoms with E-state index in [1.807, 2.05) is 0 Å². The zero-order chi connectivity index (χ0) is 14.9. The van der Waals surface area contributed by atoms with Crippen molar-refractivity contribution in [2.45, 2.75) is 6.61 Å². The minimum Gasteiger partial charge on any atom is -0.435 e. The van der Waals surface area contributed by atoms with Gasteiger partial charge in [0.25, 0.3) is 0 Å². The van der Waals surface area contributed by atoms with E-state index >= 15 is 0 Å². The van der Waals surface area contributed by atoms with Crippen LogP contribution in [0.15, 0.2) is 30.3 Å². The van der Waals surface area contributed by atoms with E-state index in [0.29, 0.717) is 21.2 Å². The Balaban J connectivity index is 2.54. The molecule has 0 atom stereocenters. The molecule has 0 fully saturated rings.